The predicted octanol–water partition coefficient (Wildman–Crippen LogP) is 2.79. The third kappa shape index (κ3) is 3.85. The van der Waals surface area contributed by atoms with Crippen molar-refractivity contribution in [3.8, 4) is 5.75 Å². The Kier molecular flexibility index (Phi) is 5.53. The van der Waals surface area contributed by atoms with Crippen LogP contribution < -0.4 is 9.64 Å². The molecule has 4 rings (SSSR count). The van der Waals surface area contributed by atoms with Gasteiger partial charge in [-0.2, -0.15) is 0 Å². The normalized spacial score (nSPS) is 21.1. The van der Waals surface area contributed by atoms with E-state index in [0.717, 1.165) is 29.0 Å². The van der Waals surface area contributed by atoms with E-state index in [1.807, 2.05) is 65.4 Å². The van der Waals surface area contributed by atoms with Gasteiger partial charge < -0.3 is 14.4 Å². The number of carbonyl (C=O) groups excluding carboxylic acids is 2. The summed E-state index contributed by atoms with van der Waals surface area (Å²) in [5, 5.41) is 0. The first-order chi connectivity index (χ1) is 14.1. The molecule has 2 atom stereocenters. The molecule has 0 saturated carbocycles. The molecule has 0 bridgehead atoms. The second-order valence-electron chi connectivity index (χ2n) is 7.60. The summed E-state index contributed by atoms with van der Waals surface area (Å²) < 4.78 is 10.8. The van der Waals surface area contributed by atoms with Gasteiger partial charge in [0.2, 0.25) is 5.91 Å². The maximum atomic E-state index is 13.2. The monoisotopic (exact) mass is 394 g/mol. The zero-order valence-corrected chi connectivity index (χ0v) is 16.8. The molecule has 29 heavy (non-hydrogen) atoms. The highest BCUT2D eigenvalue weighted by Gasteiger charge is 2.42. The molecule has 0 aliphatic carbocycles. The van der Waals surface area contributed by atoms with Crippen molar-refractivity contribution in [2.45, 2.75) is 38.0 Å². The van der Waals surface area contributed by atoms with Gasteiger partial charge in [0, 0.05) is 12.2 Å². The Hall–Kier alpha value is -2.86. The second-order valence-corrected chi connectivity index (χ2v) is 7.60. The number of hydrogen-bond donors (Lipinski definition) is 0. The van der Waals surface area contributed by atoms with E-state index in [2.05, 4.69) is 0 Å². The molecule has 1 fully saturated rings. The van der Waals surface area contributed by atoms with Crippen molar-refractivity contribution in [1.82, 2.24) is 4.90 Å². The predicted molar refractivity (Wildman–Crippen MR) is 110 cm³/mol. The summed E-state index contributed by atoms with van der Waals surface area (Å²) in [7, 11) is 3.22. The quantitative estimate of drug-likeness (QED) is 0.730. The number of fused-ring (bicyclic) bond motifs is 1. The average molecular weight is 394 g/mol. The number of methoxy groups -OCH3 is 1. The molecule has 2 aromatic carbocycles. The number of amides is 1. The number of esters is 1. The van der Waals surface area contributed by atoms with Gasteiger partial charge in [0.25, 0.3) is 0 Å². The zero-order chi connectivity index (χ0) is 20.4. The largest absolute Gasteiger partial charge is 0.489 e. The van der Waals surface area contributed by atoms with Gasteiger partial charge in [0.1, 0.15) is 18.4 Å². The Morgan fingerprint density at radius 2 is 1.83 bits per heavy atom. The van der Waals surface area contributed by atoms with E-state index in [0.29, 0.717) is 26.0 Å². The maximum Gasteiger partial charge on any atom is 0.323 e. The summed E-state index contributed by atoms with van der Waals surface area (Å²) in [6.45, 7) is 1.17. The van der Waals surface area contributed by atoms with Gasteiger partial charge in [-0.1, -0.05) is 30.3 Å². The van der Waals surface area contributed by atoms with Crippen molar-refractivity contribution < 1.29 is 19.1 Å². The molecule has 0 aromatic heterocycles. The highest BCUT2D eigenvalue weighted by Crippen LogP contribution is 2.34. The molecular weight excluding hydrogens is 368 g/mol. The first-order valence-electron chi connectivity index (χ1n) is 9.99. The van der Waals surface area contributed by atoms with Gasteiger partial charge >= 0.3 is 5.97 Å². The molecule has 2 aliphatic rings. The number of ether oxygens (including phenoxy) is 2. The molecule has 2 aromatic rings. The van der Waals surface area contributed by atoms with Gasteiger partial charge in [-0.25, -0.2) is 0 Å². The van der Waals surface area contributed by atoms with E-state index in [-0.39, 0.29) is 24.0 Å². The van der Waals surface area contributed by atoms with Crippen molar-refractivity contribution in [3.05, 3.63) is 59.7 Å². The highest BCUT2D eigenvalue weighted by atomic mass is 16.5. The molecule has 1 amide bonds. The average Bonchev–Trinajstić information content (AvgIpc) is 3.35. The number of likely N-dealkylation sites (tertiary alicyclic amines) is 1. The summed E-state index contributed by atoms with van der Waals surface area (Å²) in [5.74, 6) is 0.589. The third-order valence-electron chi connectivity index (χ3n) is 5.92. The molecule has 2 heterocycles. The Bertz CT molecular complexity index is 899. The van der Waals surface area contributed by atoms with Crippen LogP contribution in [-0.4, -0.2) is 49.6 Å². The number of nitrogens with zero attached hydrogens (tertiary/aromatic N) is 2. The number of anilines is 1. The van der Waals surface area contributed by atoms with Crippen molar-refractivity contribution >= 4 is 17.6 Å². The van der Waals surface area contributed by atoms with Gasteiger partial charge in [-0.15, -0.1) is 0 Å². The van der Waals surface area contributed by atoms with Crippen LogP contribution in [0.4, 0.5) is 5.69 Å². The van der Waals surface area contributed by atoms with Crippen LogP contribution in [0.1, 0.15) is 24.0 Å². The van der Waals surface area contributed by atoms with E-state index in [4.69, 9.17) is 9.47 Å². The minimum absolute atomic E-state index is 0.0515. The fourth-order valence-corrected chi connectivity index (χ4v) is 4.28. The van der Waals surface area contributed by atoms with Gasteiger partial charge in [0.15, 0.2) is 0 Å². The summed E-state index contributed by atoms with van der Waals surface area (Å²) >= 11 is 0. The van der Waals surface area contributed by atoms with E-state index >= 15 is 0 Å². The standard InChI is InChI=1S/C23H26N2O4/c1-24-20(10-11-21(24)23(27)28-2)22(26)25-13-12-17-14-18(8-9-19(17)25)29-15-16-6-4-3-5-7-16/h3-9,14,20-21H,10-13,15H2,1-2H3/t20-,21-/m0/s1. The van der Waals surface area contributed by atoms with E-state index in [9.17, 15) is 9.59 Å². The van der Waals surface area contributed by atoms with Crippen LogP contribution in [0, 0.1) is 0 Å². The van der Waals surface area contributed by atoms with Gasteiger partial charge in [-0.05, 0) is 55.6 Å². The Labute approximate surface area is 171 Å². The molecule has 1 saturated heterocycles. The van der Waals surface area contributed by atoms with E-state index < -0.39 is 0 Å². The number of benzene rings is 2. The molecule has 0 spiro atoms. The molecule has 2 aliphatic heterocycles. The minimum atomic E-state index is -0.343. The molecule has 0 unspecified atom stereocenters. The molecule has 152 valence electrons. The molecule has 0 N–H and O–H groups in total. The summed E-state index contributed by atoms with van der Waals surface area (Å²) in [6.07, 6.45) is 2.12. The van der Waals surface area contributed by atoms with E-state index in [1.54, 1.807) is 0 Å². The summed E-state index contributed by atoms with van der Waals surface area (Å²) in [4.78, 5) is 28.8. The van der Waals surface area contributed by atoms with Crippen LogP contribution in [0.3, 0.4) is 0 Å². The molecule has 6 heteroatoms. The van der Waals surface area contributed by atoms with Crippen LogP contribution in [-0.2, 0) is 27.4 Å². The Balaban J connectivity index is 1.43. The van der Waals surface area contributed by atoms with Gasteiger partial charge in [-0.3, -0.25) is 14.5 Å². The summed E-state index contributed by atoms with van der Waals surface area (Å²) in [6, 6.07) is 15.3. The fourth-order valence-electron chi connectivity index (χ4n) is 4.28. The first kappa shape index (κ1) is 19.5. The zero-order valence-electron chi connectivity index (χ0n) is 16.8. The lowest BCUT2D eigenvalue weighted by Crippen LogP contribution is -2.47. The maximum absolute atomic E-state index is 13.2. The fraction of sp³-hybridized carbons (Fsp3) is 0.391. The smallest absolute Gasteiger partial charge is 0.323 e. The summed E-state index contributed by atoms with van der Waals surface area (Å²) in [5.41, 5.74) is 3.18. The first-order valence-corrected chi connectivity index (χ1v) is 9.99. The van der Waals surface area contributed by atoms with Crippen molar-refractivity contribution in [2.24, 2.45) is 0 Å². The molecule has 6 nitrogen and oxygen atoms in total. The molecular formula is C23H26N2O4. The number of rotatable bonds is 5. The van der Waals surface area contributed by atoms with Crippen LogP contribution in [0.15, 0.2) is 48.5 Å². The lowest BCUT2D eigenvalue weighted by atomic mass is 10.1. The third-order valence-corrected chi connectivity index (χ3v) is 5.92. The van der Waals surface area contributed by atoms with Gasteiger partial charge in [0.05, 0.1) is 13.2 Å². The molecule has 0 radical (unpaired) electrons. The van der Waals surface area contributed by atoms with Crippen molar-refractivity contribution in [2.75, 3.05) is 25.6 Å². The van der Waals surface area contributed by atoms with Crippen molar-refractivity contribution in [3.63, 3.8) is 0 Å². The highest BCUT2D eigenvalue weighted by molar-refractivity contribution is 5.99. The second kappa shape index (κ2) is 8.25. The topological polar surface area (TPSA) is 59.1 Å². The number of carbonyl (C=O) groups is 2. The van der Waals surface area contributed by atoms with Crippen molar-refractivity contribution in [1.29, 1.82) is 0 Å². The van der Waals surface area contributed by atoms with Crippen LogP contribution in [0.5, 0.6) is 5.75 Å². The Morgan fingerprint density at radius 3 is 2.59 bits per heavy atom. The number of hydrogen-bond acceptors (Lipinski definition) is 5. The lowest BCUT2D eigenvalue weighted by Gasteiger charge is -2.27. The Morgan fingerprint density at radius 1 is 1.07 bits per heavy atom. The lowest BCUT2D eigenvalue weighted by molar-refractivity contribution is -0.146. The van der Waals surface area contributed by atoms with Crippen LogP contribution in [0.2, 0.25) is 0 Å². The minimum Gasteiger partial charge on any atom is -0.489 e. The van der Waals surface area contributed by atoms with Crippen LogP contribution >= 0.6 is 0 Å². The van der Waals surface area contributed by atoms with E-state index in [1.165, 1.54) is 7.11 Å². The van der Waals surface area contributed by atoms with Crippen LogP contribution in [0.25, 0.3) is 0 Å². The number of likely N-dealkylation sites (N-methyl/N-ethyl adjacent to an activating group) is 1. The SMILES string of the molecule is COC(=O)[C@@H]1CC[C@@H](C(=O)N2CCc3cc(OCc4ccccc4)ccc32)N1C.